The number of benzene rings is 2. The molecule has 5 nitrogen and oxygen atoms in total. The van der Waals surface area contributed by atoms with Gasteiger partial charge in [0.2, 0.25) is 5.95 Å². The summed E-state index contributed by atoms with van der Waals surface area (Å²) in [5.74, 6) is 0.464. The van der Waals surface area contributed by atoms with Crippen LogP contribution in [0.15, 0.2) is 54.7 Å². The number of anilines is 4. The molecule has 0 aliphatic carbocycles. The summed E-state index contributed by atoms with van der Waals surface area (Å²) in [7, 11) is 0. The minimum atomic E-state index is -4.60. The fourth-order valence-corrected chi connectivity index (χ4v) is 3.04. The van der Waals surface area contributed by atoms with E-state index in [9.17, 15) is 13.2 Å². The Labute approximate surface area is 192 Å². The fourth-order valence-electron chi connectivity index (χ4n) is 3.04. The van der Waals surface area contributed by atoms with Gasteiger partial charge in [-0.1, -0.05) is 46.2 Å². The van der Waals surface area contributed by atoms with E-state index in [-0.39, 0.29) is 17.2 Å². The van der Waals surface area contributed by atoms with Crippen molar-refractivity contribution >= 4 is 23.1 Å². The smallest absolute Gasteiger partial charge is 0.421 e. The number of hydrogen-bond donors (Lipinski definition) is 2. The lowest BCUT2D eigenvalue weighted by atomic mass is 9.87. The average molecular weight is 459 g/mol. The standard InChI is InChI=1S/C25H29F3N4O/c1-5-6-14-33-20-12-10-18(11-13-20)31-23-29-16-21(25(26,27)28)22(32-23)30-19-9-7-8-17(15-19)24(2,3)4/h7-13,15-16H,5-6,14H2,1-4H3,(H2,29,30,31,32). The molecule has 0 amide bonds. The van der Waals surface area contributed by atoms with Crippen LogP contribution in [0.2, 0.25) is 0 Å². The molecule has 3 rings (SSSR count). The minimum absolute atomic E-state index is 0.0529. The molecule has 0 fully saturated rings. The second-order valence-corrected chi connectivity index (χ2v) is 8.76. The Kier molecular flexibility index (Phi) is 7.46. The summed E-state index contributed by atoms with van der Waals surface area (Å²) in [5, 5.41) is 5.78. The Morgan fingerprint density at radius 3 is 2.30 bits per heavy atom. The molecule has 0 radical (unpaired) electrons. The van der Waals surface area contributed by atoms with Gasteiger partial charge in [0.05, 0.1) is 6.61 Å². The molecule has 1 heterocycles. The molecule has 2 aromatic carbocycles. The van der Waals surface area contributed by atoms with E-state index in [2.05, 4.69) is 27.5 Å². The average Bonchev–Trinajstić information content (AvgIpc) is 2.74. The van der Waals surface area contributed by atoms with Crippen LogP contribution in [0.5, 0.6) is 5.75 Å². The van der Waals surface area contributed by atoms with Gasteiger partial charge < -0.3 is 15.4 Å². The molecule has 0 saturated carbocycles. The molecule has 0 aliphatic rings. The van der Waals surface area contributed by atoms with Crippen molar-refractivity contribution in [2.75, 3.05) is 17.2 Å². The predicted molar refractivity (Wildman–Crippen MR) is 126 cm³/mol. The third-order valence-corrected chi connectivity index (χ3v) is 4.96. The maximum absolute atomic E-state index is 13.6. The van der Waals surface area contributed by atoms with E-state index in [1.807, 2.05) is 32.9 Å². The van der Waals surface area contributed by atoms with Crippen molar-refractivity contribution in [3.05, 3.63) is 65.9 Å². The number of aromatic nitrogens is 2. The van der Waals surface area contributed by atoms with Crippen molar-refractivity contribution in [1.29, 1.82) is 0 Å². The van der Waals surface area contributed by atoms with Gasteiger partial charge in [0, 0.05) is 17.6 Å². The van der Waals surface area contributed by atoms with Crippen molar-refractivity contribution in [2.24, 2.45) is 0 Å². The van der Waals surface area contributed by atoms with Gasteiger partial charge in [-0.05, 0) is 53.8 Å². The predicted octanol–water partition coefficient (Wildman–Crippen LogP) is 7.46. The zero-order valence-electron chi connectivity index (χ0n) is 19.3. The molecule has 3 aromatic rings. The number of halogens is 3. The Balaban J connectivity index is 1.83. The Morgan fingerprint density at radius 1 is 0.939 bits per heavy atom. The first-order chi connectivity index (χ1) is 15.6. The molecule has 0 atom stereocenters. The highest BCUT2D eigenvalue weighted by Crippen LogP contribution is 2.36. The highest BCUT2D eigenvalue weighted by atomic mass is 19.4. The lowest BCUT2D eigenvalue weighted by molar-refractivity contribution is -0.137. The van der Waals surface area contributed by atoms with Gasteiger partial charge in [-0.15, -0.1) is 0 Å². The van der Waals surface area contributed by atoms with E-state index in [4.69, 9.17) is 4.74 Å². The SMILES string of the molecule is CCCCOc1ccc(Nc2ncc(C(F)(F)F)c(Nc3cccc(C(C)(C)C)c3)n2)cc1. The fraction of sp³-hybridized carbons (Fsp3) is 0.360. The van der Waals surface area contributed by atoms with Gasteiger partial charge in [-0.25, -0.2) is 4.98 Å². The summed E-state index contributed by atoms with van der Waals surface area (Å²) in [6.07, 6.45) is -1.80. The van der Waals surface area contributed by atoms with Crippen LogP contribution in [0.3, 0.4) is 0 Å². The largest absolute Gasteiger partial charge is 0.494 e. The number of nitrogens with one attached hydrogen (secondary N) is 2. The van der Waals surface area contributed by atoms with Crippen LogP contribution < -0.4 is 15.4 Å². The van der Waals surface area contributed by atoms with Crippen LogP contribution in [0.25, 0.3) is 0 Å². The molecule has 0 bridgehead atoms. The van der Waals surface area contributed by atoms with Gasteiger partial charge in [-0.2, -0.15) is 18.2 Å². The second kappa shape index (κ2) is 10.1. The van der Waals surface area contributed by atoms with Gasteiger partial charge in [-0.3, -0.25) is 0 Å². The van der Waals surface area contributed by atoms with Crippen LogP contribution >= 0.6 is 0 Å². The lowest BCUT2D eigenvalue weighted by Gasteiger charge is -2.20. The van der Waals surface area contributed by atoms with Gasteiger partial charge in [0.25, 0.3) is 0 Å². The summed E-state index contributed by atoms with van der Waals surface area (Å²) < 4.78 is 46.4. The molecule has 0 unspecified atom stereocenters. The molecule has 33 heavy (non-hydrogen) atoms. The Bertz CT molecular complexity index is 1060. The molecule has 1 aromatic heterocycles. The van der Waals surface area contributed by atoms with Gasteiger partial charge >= 0.3 is 6.18 Å². The van der Waals surface area contributed by atoms with E-state index < -0.39 is 11.7 Å². The van der Waals surface area contributed by atoms with Crippen molar-refractivity contribution < 1.29 is 17.9 Å². The Morgan fingerprint density at radius 2 is 1.67 bits per heavy atom. The van der Waals surface area contributed by atoms with Gasteiger partial charge in [0.15, 0.2) is 0 Å². The van der Waals surface area contributed by atoms with Gasteiger partial charge in [0.1, 0.15) is 17.1 Å². The normalized spacial score (nSPS) is 11.8. The first kappa shape index (κ1) is 24.4. The molecule has 8 heteroatoms. The van der Waals surface area contributed by atoms with Crippen LogP contribution in [0.4, 0.5) is 36.3 Å². The van der Waals surface area contributed by atoms with E-state index in [0.29, 0.717) is 18.0 Å². The van der Waals surface area contributed by atoms with E-state index in [1.165, 1.54) is 0 Å². The summed E-state index contributed by atoms with van der Waals surface area (Å²) in [6.45, 7) is 8.85. The molecule has 0 aliphatic heterocycles. The van der Waals surface area contributed by atoms with Crippen molar-refractivity contribution in [2.45, 2.75) is 52.1 Å². The zero-order chi connectivity index (χ0) is 24.1. The number of ether oxygens (including phenoxy) is 1. The van der Waals surface area contributed by atoms with Crippen LogP contribution in [0, 0.1) is 0 Å². The molecule has 2 N–H and O–H groups in total. The summed E-state index contributed by atoms with van der Waals surface area (Å²) in [4.78, 5) is 7.99. The van der Waals surface area contributed by atoms with Crippen LogP contribution in [-0.4, -0.2) is 16.6 Å². The molecular weight excluding hydrogens is 429 g/mol. The quantitative estimate of drug-likeness (QED) is 0.343. The lowest BCUT2D eigenvalue weighted by Crippen LogP contribution is -2.14. The summed E-state index contributed by atoms with van der Waals surface area (Å²) >= 11 is 0. The monoisotopic (exact) mass is 458 g/mol. The number of rotatable bonds is 8. The maximum atomic E-state index is 13.6. The van der Waals surface area contributed by atoms with E-state index >= 15 is 0 Å². The van der Waals surface area contributed by atoms with E-state index in [0.717, 1.165) is 30.4 Å². The maximum Gasteiger partial charge on any atom is 0.421 e. The molecule has 0 spiro atoms. The number of alkyl halides is 3. The topological polar surface area (TPSA) is 59.1 Å². The van der Waals surface area contributed by atoms with Crippen LogP contribution in [0.1, 0.15) is 51.7 Å². The molecular formula is C25H29F3N4O. The van der Waals surface area contributed by atoms with Crippen molar-refractivity contribution in [1.82, 2.24) is 9.97 Å². The third kappa shape index (κ3) is 6.84. The minimum Gasteiger partial charge on any atom is -0.494 e. The van der Waals surface area contributed by atoms with Crippen molar-refractivity contribution in [3.63, 3.8) is 0 Å². The highest BCUT2D eigenvalue weighted by molar-refractivity contribution is 5.63. The number of unbranched alkanes of at least 4 members (excludes halogenated alkanes) is 1. The van der Waals surface area contributed by atoms with Crippen molar-refractivity contribution in [3.8, 4) is 5.75 Å². The first-order valence-electron chi connectivity index (χ1n) is 10.9. The van der Waals surface area contributed by atoms with Crippen LogP contribution in [-0.2, 0) is 11.6 Å². The molecule has 0 saturated heterocycles. The number of nitrogens with zero attached hydrogens (tertiary/aromatic N) is 2. The zero-order valence-corrected chi connectivity index (χ0v) is 19.3. The first-order valence-corrected chi connectivity index (χ1v) is 10.9. The summed E-state index contributed by atoms with van der Waals surface area (Å²) in [6, 6.07) is 14.4. The summed E-state index contributed by atoms with van der Waals surface area (Å²) in [5.41, 5.74) is 1.07. The Hall–Kier alpha value is -3.29. The molecule has 176 valence electrons. The highest BCUT2D eigenvalue weighted by Gasteiger charge is 2.35. The van der Waals surface area contributed by atoms with E-state index in [1.54, 1.807) is 36.4 Å². The third-order valence-electron chi connectivity index (χ3n) is 4.96. The second-order valence-electron chi connectivity index (χ2n) is 8.76. The number of hydrogen-bond acceptors (Lipinski definition) is 5.